The highest BCUT2D eigenvalue weighted by molar-refractivity contribution is 9.10. The highest BCUT2D eigenvalue weighted by Gasteiger charge is 2.29. The number of carbonyl (C=O) groups is 1. The number of Topliss-reactive ketones (excluding diaryl/α,β-unsaturated/α-hetero) is 1. The predicted octanol–water partition coefficient (Wildman–Crippen LogP) is 3.03. The zero-order valence-electron chi connectivity index (χ0n) is 6.89. The van der Waals surface area contributed by atoms with Gasteiger partial charge in [-0.25, -0.2) is 4.39 Å². The van der Waals surface area contributed by atoms with Gasteiger partial charge in [-0.15, -0.1) is 0 Å². The fraction of sp³-hybridized carbons (Fsp3) is 0.300. The fourth-order valence-corrected chi connectivity index (χ4v) is 1.73. The summed E-state index contributed by atoms with van der Waals surface area (Å²) in [4.78, 5) is 11.1. The van der Waals surface area contributed by atoms with E-state index in [0.29, 0.717) is 10.9 Å². The number of halogens is 2. The molecule has 1 aliphatic rings. The van der Waals surface area contributed by atoms with Crippen LogP contribution in [-0.2, 0) is 4.79 Å². The van der Waals surface area contributed by atoms with Gasteiger partial charge in [0.25, 0.3) is 0 Å². The van der Waals surface area contributed by atoms with Gasteiger partial charge in [0, 0.05) is 12.3 Å². The summed E-state index contributed by atoms with van der Waals surface area (Å²) in [5, 5.41) is 0. The number of benzene rings is 1. The number of ketones is 1. The molecule has 1 aromatic rings. The van der Waals surface area contributed by atoms with E-state index in [0.717, 1.165) is 12.0 Å². The molecule has 1 nitrogen and oxygen atoms in total. The topological polar surface area (TPSA) is 17.1 Å². The normalized spacial score (nSPS) is 21.4. The van der Waals surface area contributed by atoms with Crippen LogP contribution in [-0.4, -0.2) is 5.78 Å². The van der Waals surface area contributed by atoms with E-state index in [1.165, 1.54) is 6.07 Å². The lowest BCUT2D eigenvalue weighted by molar-refractivity contribution is -0.125. The van der Waals surface area contributed by atoms with E-state index in [9.17, 15) is 9.18 Å². The van der Waals surface area contributed by atoms with Crippen LogP contribution in [0, 0.1) is 5.82 Å². The van der Waals surface area contributed by atoms with Crippen molar-refractivity contribution in [2.75, 3.05) is 0 Å². The van der Waals surface area contributed by atoms with E-state index in [-0.39, 0.29) is 17.5 Å². The van der Waals surface area contributed by atoms with E-state index in [4.69, 9.17) is 0 Å². The Morgan fingerprint density at radius 1 is 1.46 bits per heavy atom. The molecule has 0 aliphatic heterocycles. The molecule has 0 heterocycles. The van der Waals surface area contributed by atoms with Gasteiger partial charge in [0.05, 0.1) is 4.47 Å². The van der Waals surface area contributed by atoms with Gasteiger partial charge in [0.15, 0.2) is 0 Å². The molecule has 1 aliphatic carbocycles. The van der Waals surface area contributed by atoms with Crippen molar-refractivity contribution in [2.24, 2.45) is 0 Å². The molecule has 0 bridgehead atoms. The van der Waals surface area contributed by atoms with Crippen molar-refractivity contribution < 1.29 is 9.18 Å². The van der Waals surface area contributed by atoms with E-state index in [1.807, 2.05) is 0 Å². The molecule has 0 spiro atoms. The molecular formula is C10H8BrFO. The largest absolute Gasteiger partial charge is 0.299 e. The summed E-state index contributed by atoms with van der Waals surface area (Å²) in [6, 6.07) is 4.89. The first kappa shape index (κ1) is 8.88. The van der Waals surface area contributed by atoms with Gasteiger partial charge in [-0.2, -0.15) is 0 Å². The molecule has 13 heavy (non-hydrogen) atoms. The molecule has 2 rings (SSSR count). The summed E-state index contributed by atoms with van der Waals surface area (Å²) in [5.74, 6) is -0.124. The van der Waals surface area contributed by atoms with Gasteiger partial charge in [0.2, 0.25) is 0 Å². The Bertz CT molecular complexity index is 362. The highest BCUT2D eigenvalue weighted by Crippen LogP contribution is 2.34. The van der Waals surface area contributed by atoms with Gasteiger partial charge in [-0.3, -0.25) is 4.79 Å². The lowest BCUT2D eigenvalue weighted by atomic mass is 9.79. The van der Waals surface area contributed by atoms with Gasteiger partial charge in [0.1, 0.15) is 11.6 Å². The molecular weight excluding hydrogens is 235 g/mol. The molecule has 1 unspecified atom stereocenters. The van der Waals surface area contributed by atoms with Crippen LogP contribution in [0.25, 0.3) is 0 Å². The predicted molar refractivity (Wildman–Crippen MR) is 51.1 cm³/mol. The van der Waals surface area contributed by atoms with Crippen molar-refractivity contribution >= 4 is 21.7 Å². The summed E-state index contributed by atoms with van der Waals surface area (Å²) in [6.45, 7) is 0. The molecule has 0 saturated heterocycles. The molecule has 0 amide bonds. The molecule has 1 saturated carbocycles. The number of carbonyl (C=O) groups excluding carboxylic acids is 1. The average Bonchev–Trinajstić information content (AvgIpc) is 2.09. The molecule has 1 atom stereocenters. The van der Waals surface area contributed by atoms with E-state index >= 15 is 0 Å². The summed E-state index contributed by atoms with van der Waals surface area (Å²) in [7, 11) is 0. The Morgan fingerprint density at radius 3 is 2.69 bits per heavy atom. The molecule has 1 aromatic carbocycles. The monoisotopic (exact) mass is 242 g/mol. The summed E-state index contributed by atoms with van der Waals surface area (Å²) >= 11 is 3.07. The third-order valence-electron chi connectivity index (χ3n) is 2.41. The van der Waals surface area contributed by atoms with Gasteiger partial charge in [-0.05, 0) is 40.0 Å². The first-order valence-electron chi connectivity index (χ1n) is 4.16. The molecule has 1 fully saturated rings. The second-order valence-corrected chi connectivity index (χ2v) is 4.09. The van der Waals surface area contributed by atoms with Crippen molar-refractivity contribution in [3.63, 3.8) is 0 Å². The lowest BCUT2D eigenvalue weighted by Gasteiger charge is -2.24. The van der Waals surface area contributed by atoms with Gasteiger partial charge < -0.3 is 0 Å². The summed E-state index contributed by atoms with van der Waals surface area (Å²) in [5.41, 5.74) is 0.803. The molecule has 0 N–H and O–H groups in total. The van der Waals surface area contributed by atoms with Crippen LogP contribution in [0.2, 0.25) is 0 Å². The van der Waals surface area contributed by atoms with Crippen LogP contribution in [0.3, 0.4) is 0 Å². The summed E-state index contributed by atoms with van der Waals surface area (Å²) in [6.07, 6.45) is 1.50. The summed E-state index contributed by atoms with van der Waals surface area (Å²) < 4.78 is 13.5. The van der Waals surface area contributed by atoms with Crippen molar-refractivity contribution in [2.45, 2.75) is 18.8 Å². The third-order valence-corrected chi connectivity index (χ3v) is 3.06. The van der Waals surface area contributed by atoms with Crippen LogP contribution in [0.1, 0.15) is 24.3 Å². The second kappa shape index (κ2) is 3.22. The van der Waals surface area contributed by atoms with Crippen LogP contribution in [0.4, 0.5) is 4.39 Å². The highest BCUT2D eigenvalue weighted by atomic mass is 79.9. The van der Waals surface area contributed by atoms with Crippen LogP contribution >= 0.6 is 15.9 Å². The van der Waals surface area contributed by atoms with E-state index in [1.54, 1.807) is 12.1 Å². The number of hydrogen-bond donors (Lipinski definition) is 0. The van der Waals surface area contributed by atoms with Crippen molar-refractivity contribution in [1.82, 2.24) is 0 Å². The number of hydrogen-bond acceptors (Lipinski definition) is 1. The van der Waals surface area contributed by atoms with E-state index < -0.39 is 0 Å². The minimum atomic E-state index is -0.294. The third kappa shape index (κ3) is 1.53. The first-order valence-corrected chi connectivity index (χ1v) is 4.95. The fourth-order valence-electron chi connectivity index (χ4n) is 1.49. The first-order chi connectivity index (χ1) is 6.18. The Hall–Kier alpha value is -0.700. The van der Waals surface area contributed by atoms with Gasteiger partial charge >= 0.3 is 0 Å². The van der Waals surface area contributed by atoms with Crippen molar-refractivity contribution in [3.8, 4) is 0 Å². The molecule has 0 aromatic heterocycles. The zero-order chi connectivity index (χ0) is 9.42. The Balaban J connectivity index is 2.31. The quantitative estimate of drug-likeness (QED) is 0.740. The minimum Gasteiger partial charge on any atom is -0.299 e. The molecule has 0 radical (unpaired) electrons. The minimum absolute atomic E-state index is 0.0531. The maximum atomic E-state index is 13.1. The van der Waals surface area contributed by atoms with Crippen molar-refractivity contribution in [1.29, 1.82) is 0 Å². The maximum absolute atomic E-state index is 13.1. The van der Waals surface area contributed by atoms with Crippen LogP contribution < -0.4 is 0 Å². The number of rotatable bonds is 1. The van der Waals surface area contributed by atoms with Crippen LogP contribution in [0.15, 0.2) is 22.7 Å². The van der Waals surface area contributed by atoms with Gasteiger partial charge in [-0.1, -0.05) is 6.07 Å². The SMILES string of the molecule is O=C1CCC1c1ccc(Br)c(F)c1. The molecule has 68 valence electrons. The van der Waals surface area contributed by atoms with Crippen molar-refractivity contribution in [3.05, 3.63) is 34.1 Å². The smallest absolute Gasteiger partial charge is 0.140 e. The standard InChI is InChI=1S/C10H8BrFO/c11-8-3-1-6(5-9(8)12)7-2-4-10(7)13/h1,3,5,7H,2,4H2. The van der Waals surface area contributed by atoms with E-state index in [2.05, 4.69) is 15.9 Å². The van der Waals surface area contributed by atoms with Crippen LogP contribution in [0.5, 0.6) is 0 Å². The average molecular weight is 243 g/mol. The Morgan fingerprint density at radius 2 is 2.23 bits per heavy atom. The maximum Gasteiger partial charge on any atom is 0.140 e. The molecule has 3 heteroatoms. The second-order valence-electron chi connectivity index (χ2n) is 3.23. The lowest BCUT2D eigenvalue weighted by Crippen LogP contribution is -2.23. The Kier molecular flexibility index (Phi) is 2.20. The zero-order valence-corrected chi connectivity index (χ0v) is 8.47. The Labute approximate surface area is 84.1 Å².